The second-order valence-corrected chi connectivity index (χ2v) is 6.14. The number of rotatable bonds is 7. The van der Waals surface area contributed by atoms with E-state index in [9.17, 15) is 9.59 Å². The number of hydrogen-bond acceptors (Lipinski definition) is 3. The van der Waals surface area contributed by atoms with Gasteiger partial charge in [0.25, 0.3) is 0 Å². The predicted octanol–water partition coefficient (Wildman–Crippen LogP) is 3.64. The van der Waals surface area contributed by atoms with E-state index in [1.807, 2.05) is 0 Å². The maximum absolute atomic E-state index is 12.3. The lowest BCUT2D eigenvalue weighted by molar-refractivity contribution is -0.130. The fraction of sp³-hybridized carbons (Fsp3) is 0.263. The number of aryl methyl sites for hydroxylation is 1. The maximum atomic E-state index is 12.3. The van der Waals surface area contributed by atoms with Gasteiger partial charge in [0.05, 0.1) is 12.7 Å². The lowest BCUT2D eigenvalue weighted by Gasteiger charge is -2.19. The summed E-state index contributed by atoms with van der Waals surface area (Å²) < 4.78 is 5.30. The number of benzene rings is 2. The topological polar surface area (TPSA) is 66.8 Å². The van der Waals surface area contributed by atoms with Gasteiger partial charge in [0.1, 0.15) is 5.75 Å². The van der Waals surface area contributed by atoms with Crippen LogP contribution in [0.5, 0.6) is 5.75 Å². The van der Waals surface area contributed by atoms with Crippen LogP contribution >= 0.6 is 11.6 Å². The first-order valence-corrected chi connectivity index (χ1v) is 8.17. The Labute approximate surface area is 151 Å². The maximum Gasteiger partial charge on any atom is 0.335 e. The molecule has 0 saturated carbocycles. The van der Waals surface area contributed by atoms with Crippen LogP contribution in [0.25, 0.3) is 0 Å². The number of nitrogens with zero attached hydrogens (tertiary/aromatic N) is 1. The smallest absolute Gasteiger partial charge is 0.335 e. The molecule has 0 aliphatic rings. The van der Waals surface area contributed by atoms with Crippen LogP contribution in [0.2, 0.25) is 5.02 Å². The van der Waals surface area contributed by atoms with Crippen LogP contribution in [-0.4, -0.2) is 36.0 Å². The van der Waals surface area contributed by atoms with E-state index >= 15 is 0 Å². The van der Waals surface area contributed by atoms with E-state index in [-0.39, 0.29) is 11.5 Å². The Morgan fingerprint density at radius 3 is 2.44 bits per heavy atom. The van der Waals surface area contributed by atoms with E-state index in [4.69, 9.17) is 21.4 Å². The van der Waals surface area contributed by atoms with Crippen molar-refractivity contribution in [3.8, 4) is 5.75 Å². The molecule has 0 aliphatic carbocycles. The highest BCUT2D eigenvalue weighted by atomic mass is 35.5. The molecule has 0 saturated heterocycles. The van der Waals surface area contributed by atoms with E-state index in [2.05, 4.69) is 0 Å². The van der Waals surface area contributed by atoms with E-state index < -0.39 is 5.97 Å². The van der Waals surface area contributed by atoms with Crippen molar-refractivity contribution in [3.63, 3.8) is 0 Å². The predicted molar refractivity (Wildman–Crippen MR) is 96.2 cm³/mol. The minimum atomic E-state index is -0.960. The summed E-state index contributed by atoms with van der Waals surface area (Å²) in [6, 6.07) is 11.9. The molecule has 0 atom stereocenters. The summed E-state index contributed by atoms with van der Waals surface area (Å²) in [4.78, 5) is 24.8. The summed E-state index contributed by atoms with van der Waals surface area (Å²) in [6.45, 7) is 0.403. The van der Waals surface area contributed by atoms with Crippen molar-refractivity contribution in [2.75, 3.05) is 14.2 Å². The van der Waals surface area contributed by atoms with Crippen molar-refractivity contribution in [1.82, 2.24) is 4.90 Å². The highest BCUT2D eigenvalue weighted by Gasteiger charge is 2.13. The van der Waals surface area contributed by atoms with Crippen LogP contribution in [0.4, 0.5) is 0 Å². The summed E-state index contributed by atoms with van der Waals surface area (Å²) in [5.41, 5.74) is 2.00. The Kier molecular flexibility index (Phi) is 6.42. The number of carboxylic acid groups (broad SMARTS) is 1. The van der Waals surface area contributed by atoms with Crippen LogP contribution in [-0.2, 0) is 17.8 Å². The number of hydrogen-bond donors (Lipinski definition) is 1. The first kappa shape index (κ1) is 18.8. The minimum absolute atomic E-state index is 0.00987. The fourth-order valence-electron chi connectivity index (χ4n) is 2.47. The number of aromatic carboxylic acids is 1. The van der Waals surface area contributed by atoms with Gasteiger partial charge >= 0.3 is 5.97 Å². The van der Waals surface area contributed by atoms with Gasteiger partial charge in [-0.2, -0.15) is 0 Å². The number of carbonyl (C=O) groups is 2. The first-order chi connectivity index (χ1) is 11.9. The highest BCUT2D eigenvalue weighted by molar-refractivity contribution is 6.30. The third-order valence-electron chi connectivity index (χ3n) is 3.90. The second-order valence-electron chi connectivity index (χ2n) is 5.71. The van der Waals surface area contributed by atoms with Crippen molar-refractivity contribution in [2.45, 2.75) is 19.4 Å². The molecule has 25 heavy (non-hydrogen) atoms. The van der Waals surface area contributed by atoms with Gasteiger partial charge in [-0.25, -0.2) is 4.79 Å². The minimum Gasteiger partial charge on any atom is -0.496 e. The first-order valence-electron chi connectivity index (χ1n) is 7.79. The molecule has 2 aromatic carbocycles. The third kappa shape index (κ3) is 5.22. The van der Waals surface area contributed by atoms with Gasteiger partial charge in [0.2, 0.25) is 5.91 Å². The summed E-state index contributed by atoms with van der Waals surface area (Å²) in [6.07, 6.45) is 0.890. The highest BCUT2D eigenvalue weighted by Crippen LogP contribution is 2.24. The molecular formula is C19H20ClNO4. The second kappa shape index (κ2) is 8.53. The van der Waals surface area contributed by atoms with E-state index in [0.29, 0.717) is 30.2 Å². The quantitative estimate of drug-likeness (QED) is 0.817. The van der Waals surface area contributed by atoms with Crippen molar-refractivity contribution in [2.24, 2.45) is 0 Å². The van der Waals surface area contributed by atoms with Gasteiger partial charge in [-0.15, -0.1) is 0 Å². The van der Waals surface area contributed by atoms with Gasteiger partial charge in [-0.3, -0.25) is 4.79 Å². The monoisotopic (exact) mass is 361 g/mol. The Balaban J connectivity index is 1.94. The molecule has 5 nitrogen and oxygen atoms in total. The molecule has 1 amide bonds. The van der Waals surface area contributed by atoms with Crippen molar-refractivity contribution < 1.29 is 19.4 Å². The van der Waals surface area contributed by atoms with E-state index in [0.717, 1.165) is 11.1 Å². The van der Waals surface area contributed by atoms with Crippen molar-refractivity contribution in [1.29, 1.82) is 0 Å². The lowest BCUT2D eigenvalue weighted by atomic mass is 10.1. The summed E-state index contributed by atoms with van der Waals surface area (Å²) in [5.74, 6) is -0.282. The Morgan fingerprint density at radius 2 is 1.84 bits per heavy atom. The number of methoxy groups -OCH3 is 1. The molecule has 0 bridgehead atoms. The molecule has 6 heteroatoms. The molecule has 2 rings (SSSR count). The van der Waals surface area contributed by atoms with Gasteiger partial charge in [0.15, 0.2) is 0 Å². The summed E-state index contributed by atoms with van der Waals surface area (Å²) >= 11 is 6.01. The Hall–Kier alpha value is -2.53. The molecule has 0 spiro atoms. The molecule has 132 valence electrons. The van der Waals surface area contributed by atoms with E-state index in [1.54, 1.807) is 61.5 Å². The normalized spacial score (nSPS) is 10.4. The molecule has 1 N–H and O–H groups in total. The third-order valence-corrected chi connectivity index (χ3v) is 4.14. The van der Waals surface area contributed by atoms with Gasteiger partial charge in [-0.1, -0.05) is 23.7 Å². The molecule has 0 fully saturated rings. The number of ether oxygens (including phenoxy) is 1. The van der Waals surface area contributed by atoms with Crippen LogP contribution in [0.15, 0.2) is 42.5 Å². The average molecular weight is 362 g/mol. The molecule has 0 heterocycles. The molecule has 0 unspecified atom stereocenters. The number of amides is 1. The van der Waals surface area contributed by atoms with Crippen LogP contribution in [0.3, 0.4) is 0 Å². The molecule has 0 radical (unpaired) electrons. The van der Waals surface area contributed by atoms with Crippen LogP contribution in [0, 0.1) is 0 Å². The lowest BCUT2D eigenvalue weighted by Crippen LogP contribution is -2.26. The summed E-state index contributed by atoms with van der Waals surface area (Å²) in [7, 11) is 3.31. The van der Waals surface area contributed by atoms with Crippen molar-refractivity contribution in [3.05, 3.63) is 64.2 Å². The Morgan fingerprint density at radius 1 is 1.16 bits per heavy atom. The molecule has 0 aromatic heterocycles. The zero-order valence-corrected chi connectivity index (χ0v) is 14.9. The molecular weight excluding hydrogens is 342 g/mol. The average Bonchev–Trinajstić information content (AvgIpc) is 2.60. The molecule has 2 aromatic rings. The fourth-order valence-corrected chi connectivity index (χ4v) is 2.67. The van der Waals surface area contributed by atoms with Crippen LogP contribution < -0.4 is 4.74 Å². The SMILES string of the molecule is COc1ccc(Cl)cc1CN(C)C(=O)CCc1ccc(C(=O)O)cc1. The van der Waals surface area contributed by atoms with Crippen LogP contribution in [0.1, 0.15) is 27.9 Å². The zero-order valence-electron chi connectivity index (χ0n) is 14.2. The van der Waals surface area contributed by atoms with Gasteiger partial charge in [0, 0.05) is 30.6 Å². The van der Waals surface area contributed by atoms with Gasteiger partial charge < -0.3 is 14.7 Å². The van der Waals surface area contributed by atoms with Crippen molar-refractivity contribution >= 4 is 23.5 Å². The zero-order chi connectivity index (χ0) is 18.4. The standard InChI is InChI=1S/C19H20ClNO4/c1-21(12-15-11-16(20)8-9-17(15)25-2)18(22)10-5-13-3-6-14(7-4-13)19(23)24/h3-4,6-9,11H,5,10,12H2,1-2H3,(H,23,24). The summed E-state index contributed by atoms with van der Waals surface area (Å²) in [5, 5.41) is 9.48. The van der Waals surface area contributed by atoms with Gasteiger partial charge in [-0.05, 0) is 42.3 Å². The van der Waals surface area contributed by atoms with E-state index in [1.165, 1.54) is 0 Å². The number of halogens is 1. The Bertz CT molecular complexity index is 759. The number of carbonyl (C=O) groups excluding carboxylic acids is 1. The molecule has 0 aliphatic heterocycles. The largest absolute Gasteiger partial charge is 0.496 e. The number of carboxylic acids is 1.